The summed E-state index contributed by atoms with van der Waals surface area (Å²) >= 11 is 1.93. The highest BCUT2D eigenvalue weighted by Crippen LogP contribution is 2.34. The smallest absolute Gasteiger partial charge is 0.254 e. The van der Waals surface area contributed by atoms with E-state index in [-0.39, 0.29) is 10.7 Å². The fourth-order valence-electron chi connectivity index (χ4n) is 2.42. The lowest BCUT2D eigenvalue weighted by atomic mass is 9.99. The molecule has 2 heterocycles. The zero-order valence-electron chi connectivity index (χ0n) is 12.2. The summed E-state index contributed by atoms with van der Waals surface area (Å²) in [5.74, 6) is 1.02. The number of ether oxygens (including phenoxy) is 1. The van der Waals surface area contributed by atoms with E-state index in [0.717, 1.165) is 38.4 Å². The SMILES string of the molecule is CCSC1(CNC(=O)c2cnn(CC)c2)CCOCC1. The van der Waals surface area contributed by atoms with Crippen LogP contribution in [0.4, 0.5) is 0 Å². The van der Waals surface area contributed by atoms with Crippen LogP contribution in [0.2, 0.25) is 0 Å². The lowest BCUT2D eigenvalue weighted by molar-refractivity contribution is 0.0741. The van der Waals surface area contributed by atoms with Gasteiger partial charge >= 0.3 is 0 Å². The molecule has 0 aliphatic carbocycles. The van der Waals surface area contributed by atoms with Gasteiger partial charge in [-0.25, -0.2) is 0 Å². The number of amides is 1. The van der Waals surface area contributed by atoms with Crippen LogP contribution in [-0.4, -0.2) is 45.9 Å². The number of aryl methyl sites for hydroxylation is 1. The maximum Gasteiger partial charge on any atom is 0.254 e. The van der Waals surface area contributed by atoms with Gasteiger partial charge in [0.05, 0.1) is 11.8 Å². The van der Waals surface area contributed by atoms with Gasteiger partial charge in [0.15, 0.2) is 0 Å². The Morgan fingerprint density at radius 2 is 2.25 bits per heavy atom. The maximum atomic E-state index is 12.2. The number of nitrogens with zero attached hydrogens (tertiary/aromatic N) is 2. The Labute approximate surface area is 124 Å². The van der Waals surface area contributed by atoms with Gasteiger partial charge in [-0.15, -0.1) is 0 Å². The molecule has 20 heavy (non-hydrogen) atoms. The zero-order chi connectivity index (χ0) is 14.4. The number of hydrogen-bond acceptors (Lipinski definition) is 4. The van der Waals surface area contributed by atoms with Gasteiger partial charge in [-0.2, -0.15) is 16.9 Å². The van der Waals surface area contributed by atoms with E-state index < -0.39 is 0 Å². The molecule has 6 heteroatoms. The first-order valence-corrected chi connectivity index (χ1v) is 8.20. The molecule has 1 amide bonds. The van der Waals surface area contributed by atoms with Crippen molar-refractivity contribution < 1.29 is 9.53 Å². The third-order valence-electron chi connectivity index (χ3n) is 3.65. The summed E-state index contributed by atoms with van der Waals surface area (Å²) in [5.41, 5.74) is 0.635. The summed E-state index contributed by atoms with van der Waals surface area (Å²) in [5, 5.41) is 7.20. The van der Waals surface area contributed by atoms with Crippen molar-refractivity contribution in [3.05, 3.63) is 18.0 Å². The predicted molar refractivity (Wildman–Crippen MR) is 81.2 cm³/mol. The molecule has 0 saturated carbocycles. The normalized spacial score (nSPS) is 17.9. The first kappa shape index (κ1) is 15.4. The van der Waals surface area contributed by atoms with Crippen molar-refractivity contribution in [3.63, 3.8) is 0 Å². The topological polar surface area (TPSA) is 56.2 Å². The Morgan fingerprint density at radius 3 is 2.85 bits per heavy atom. The second-order valence-electron chi connectivity index (χ2n) is 5.00. The summed E-state index contributed by atoms with van der Waals surface area (Å²) < 4.78 is 7.33. The van der Waals surface area contributed by atoms with Crippen molar-refractivity contribution in [2.45, 2.75) is 38.0 Å². The molecule has 1 fully saturated rings. The molecule has 0 bridgehead atoms. The minimum absolute atomic E-state index is 0.0349. The molecule has 5 nitrogen and oxygen atoms in total. The average molecular weight is 297 g/mol. The summed E-state index contributed by atoms with van der Waals surface area (Å²) in [7, 11) is 0. The van der Waals surface area contributed by atoms with E-state index in [2.05, 4.69) is 17.3 Å². The van der Waals surface area contributed by atoms with Crippen LogP contribution >= 0.6 is 11.8 Å². The standard InChI is InChI=1S/C14H23N3O2S/c1-3-17-10-12(9-16-17)13(18)15-11-14(20-4-2)5-7-19-8-6-14/h9-10H,3-8,11H2,1-2H3,(H,15,18). The van der Waals surface area contributed by atoms with Crippen molar-refractivity contribution in [1.82, 2.24) is 15.1 Å². The van der Waals surface area contributed by atoms with Crippen molar-refractivity contribution in [2.75, 3.05) is 25.5 Å². The molecular weight excluding hydrogens is 274 g/mol. The Morgan fingerprint density at radius 1 is 1.50 bits per heavy atom. The van der Waals surface area contributed by atoms with Crippen LogP contribution in [-0.2, 0) is 11.3 Å². The molecule has 1 saturated heterocycles. The quantitative estimate of drug-likeness (QED) is 0.872. The molecule has 1 aliphatic heterocycles. The van der Waals surface area contributed by atoms with E-state index in [1.54, 1.807) is 17.1 Å². The highest BCUT2D eigenvalue weighted by molar-refractivity contribution is 8.00. The highest BCUT2D eigenvalue weighted by Gasteiger charge is 2.33. The number of carbonyl (C=O) groups excluding carboxylic acids is 1. The van der Waals surface area contributed by atoms with Gasteiger partial charge in [0.2, 0.25) is 0 Å². The van der Waals surface area contributed by atoms with Crippen LogP contribution in [0.1, 0.15) is 37.0 Å². The number of rotatable bonds is 6. The first-order valence-electron chi connectivity index (χ1n) is 7.21. The fourth-order valence-corrected chi connectivity index (χ4v) is 3.66. The second kappa shape index (κ2) is 7.13. The highest BCUT2D eigenvalue weighted by atomic mass is 32.2. The van der Waals surface area contributed by atoms with Gasteiger partial charge < -0.3 is 10.1 Å². The van der Waals surface area contributed by atoms with Crippen LogP contribution in [0.3, 0.4) is 0 Å². The van der Waals surface area contributed by atoms with Crippen LogP contribution in [0.15, 0.2) is 12.4 Å². The third-order valence-corrected chi connectivity index (χ3v) is 5.10. The molecule has 0 unspecified atom stereocenters. The number of hydrogen-bond donors (Lipinski definition) is 1. The van der Waals surface area contributed by atoms with Gasteiger partial charge in [0.25, 0.3) is 5.91 Å². The van der Waals surface area contributed by atoms with Gasteiger partial charge in [-0.1, -0.05) is 6.92 Å². The molecule has 1 aliphatic rings. The van der Waals surface area contributed by atoms with E-state index in [0.29, 0.717) is 12.1 Å². The molecule has 2 rings (SSSR count). The van der Waals surface area contributed by atoms with E-state index in [1.807, 2.05) is 18.7 Å². The van der Waals surface area contributed by atoms with Crippen molar-refractivity contribution >= 4 is 17.7 Å². The molecular formula is C14H23N3O2S. The van der Waals surface area contributed by atoms with Crippen molar-refractivity contribution in [1.29, 1.82) is 0 Å². The van der Waals surface area contributed by atoms with E-state index in [4.69, 9.17) is 4.74 Å². The minimum atomic E-state index is -0.0349. The summed E-state index contributed by atoms with van der Waals surface area (Å²) in [6, 6.07) is 0. The molecule has 0 atom stereocenters. The van der Waals surface area contributed by atoms with Crippen LogP contribution in [0, 0.1) is 0 Å². The maximum absolute atomic E-state index is 12.2. The van der Waals surface area contributed by atoms with E-state index in [1.165, 1.54) is 0 Å². The second-order valence-corrected chi connectivity index (χ2v) is 6.73. The van der Waals surface area contributed by atoms with Gasteiger partial charge in [0, 0.05) is 37.2 Å². The molecule has 0 radical (unpaired) electrons. The van der Waals surface area contributed by atoms with E-state index >= 15 is 0 Å². The lowest BCUT2D eigenvalue weighted by Crippen LogP contribution is -2.44. The van der Waals surface area contributed by atoms with Crippen molar-refractivity contribution in [3.8, 4) is 0 Å². The first-order chi connectivity index (χ1) is 9.69. The van der Waals surface area contributed by atoms with E-state index in [9.17, 15) is 4.79 Å². The number of thioether (sulfide) groups is 1. The zero-order valence-corrected chi connectivity index (χ0v) is 13.0. The summed E-state index contributed by atoms with van der Waals surface area (Å²) in [4.78, 5) is 12.2. The molecule has 0 spiro atoms. The molecule has 1 aromatic rings. The number of nitrogens with one attached hydrogen (secondary N) is 1. The molecule has 1 N–H and O–H groups in total. The van der Waals surface area contributed by atoms with Crippen molar-refractivity contribution in [2.24, 2.45) is 0 Å². The summed E-state index contributed by atoms with van der Waals surface area (Å²) in [6.45, 7) is 7.22. The molecule has 112 valence electrons. The van der Waals surface area contributed by atoms with Crippen LogP contribution < -0.4 is 5.32 Å². The third kappa shape index (κ3) is 3.76. The molecule has 1 aromatic heterocycles. The number of aromatic nitrogens is 2. The van der Waals surface area contributed by atoms with Gasteiger partial charge in [0.1, 0.15) is 0 Å². The Bertz CT molecular complexity index is 436. The molecule has 0 aromatic carbocycles. The Balaban J connectivity index is 1.93. The lowest BCUT2D eigenvalue weighted by Gasteiger charge is -2.36. The predicted octanol–water partition coefficient (Wildman–Crippen LogP) is 1.94. The fraction of sp³-hybridized carbons (Fsp3) is 0.714. The number of carbonyl (C=O) groups is 1. The largest absolute Gasteiger partial charge is 0.381 e. The average Bonchev–Trinajstić information content (AvgIpc) is 2.95. The minimum Gasteiger partial charge on any atom is -0.381 e. The summed E-state index contributed by atoms with van der Waals surface area (Å²) in [6.07, 6.45) is 5.42. The van der Waals surface area contributed by atoms with Crippen LogP contribution in [0.5, 0.6) is 0 Å². The van der Waals surface area contributed by atoms with Crippen LogP contribution in [0.25, 0.3) is 0 Å². The Hall–Kier alpha value is -1.01. The Kier molecular flexibility index (Phi) is 5.48. The monoisotopic (exact) mass is 297 g/mol. The van der Waals surface area contributed by atoms with Gasteiger partial charge in [-0.05, 0) is 25.5 Å². The van der Waals surface area contributed by atoms with Gasteiger partial charge in [-0.3, -0.25) is 9.48 Å².